The van der Waals surface area contributed by atoms with Crippen LogP contribution in [0.1, 0.15) is 44.9 Å². The van der Waals surface area contributed by atoms with Gasteiger partial charge in [-0.05, 0) is 38.3 Å². The van der Waals surface area contributed by atoms with Gasteiger partial charge in [-0.15, -0.1) is 0 Å². The first-order chi connectivity index (χ1) is 6.90. The van der Waals surface area contributed by atoms with E-state index < -0.39 is 0 Å². The summed E-state index contributed by atoms with van der Waals surface area (Å²) in [6.07, 6.45) is 9.93. The lowest BCUT2D eigenvalue weighted by atomic mass is 10.1. The fourth-order valence-corrected chi connectivity index (χ4v) is 2.55. The number of hydrogen-bond donors (Lipinski definition) is 1. The van der Waals surface area contributed by atoms with Crippen molar-refractivity contribution >= 4 is 0 Å². The zero-order valence-electron chi connectivity index (χ0n) is 9.25. The largest absolute Gasteiger partial charge is 0.329 e. The Morgan fingerprint density at radius 1 is 1.07 bits per heavy atom. The molecule has 0 aromatic rings. The average molecular weight is 196 g/mol. The normalized spacial score (nSPS) is 30.2. The predicted octanol–water partition coefficient (Wildman–Crippen LogP) is 1.99. The second-order valence-corrected chi connectivity index (χ2v) is 5.01. The molecule has 2 nitrogen and oxygen atoms in total. The van der Waals surface area contributed by atoms with E-state index in [0.29, 0.717) is 6.04 Å². The lowest BCUT2D eigenvalue weighted by Crippen LogP contribution is -2.40. The van der Waals surface area contributed by atoms with E-state index in [2.05, 4.69) is 4.90 Å². The van der Waals surface area contributed by atoms with Gasteiger partial charge < -0.3 is 5.73 Å². The highest BCUT2D eigenvalue weighted by molar-refractivity contribution is 4.79. The Bertz CT molecular complexity index is 166. The maximum Gasteiger partial charge on any atom is 0.0218 e. The molecule has 14 heavy (non-hydrogen) atoms. The van der Waals surface area contributed by atoms with Gasteiger partial charge in [0.1, 0.15) is 0 Å². The van der Waals surface area contributed by atoms with Crippen molar-refractivity contribution in [2.24, 2.45) is 11.7 Å². The first-order valence-electron chi connectivity index (χ1n) is 6.34. The summed E-state index contributed by atoms with van der Waals surface area (Å²) in [5, 5.41) is 0. The topological polar surface area (TPSA) is 29.3 Å². The lowest BCUT2D eigenvalue weighted by Gasteiger charge is -2.28. The van der Waals surface area contributed by atoms with Crippen LogP contribution in [0.5, 0.6) is 0 Å². The van der Waals surface area contributed by atoms with Crippen molar-refractivity contribution in [3.05, 3.63) is 0 Å². The number of nitrogens with two attached hydrogens (primary N) is 1. The van der Waals surface area contributed by atoms with Gasteiger partial charge in [-0.1, -0.05) is 25.7 Å². The minimum absolute atomic E-state index is 0.691. The second-order valence-electron chi connectivity index (χ2n) is 5.01. The van der Waals surface area contributed by atoms with Crippen molar-refractivity contribution < 1.29 is 0 Å². The molecule has 1 atom stereocenters. The summed E-state index contributed by atoms with van der Waals surface area (Å²) < 4.78 is 0. The van der Waals surface area contributed by atoms with E-state index in [1.807, 2.05) is 0 Å². The van der Waals surface area contributed by atoms with Gasteiger partial charge in [-0.2, -0.15) is 0 Å². The highest BCUT2D eigenvalue weighted by atomic mass is 15.2. The van der Waals surface area contributed by atoms with Gasteiger partial charge in [-0.25, -0.2) is 0 Å². The van der Waals surface area contributed by atoms with E-state index in [1.165, 1.54) is 58.0 Å². The maximum absolute atomic E-state index is 5.84. The van der Waals surface area contributed by atoms with Crippen LogP contribution in [0.4, 0.5) is 0 Å². The monoisotopic (exact) mass is 196 g/mol. The molecule has 0 spiro atoms. The Balaban J connectivity index is 1.77. The smallest absolute Gasteiger partial charge is 0.0218 e. The molecule has 82 valence electrons. The molecular weight excluding hydrogens is 172 g/mol. The van der Waals surface area contributed by atoms with Gasteiger partial charge in [0.25, 0.3) is 0 Å². The van der Waals surface area contributed by atoms with E-state index in [-0.39, 0.29) is 0 Å². The minimum atomic E-state index is 0.691. The predicted molar refractivity (Wildman–Crippen MR) is 60.2 cm³/mol. The van der Waals surface area contributed by atoms with Crippen LogP contribution in [0.15, 0.2) is 0 Å². The summed E-state index contributed by atoms with van der Waals surface area (Å²) in [4.78, 5) is 2.66. The molecule has 0 aromatic heterocycles. The quantitative estimate of drug-likeness (QED) is 0.745. The van der Waals surface area contributed by atoms with Crippen LogP contribution in [-0.2, 0) is 0 Å². The summed E-state index contributed by atoms with van der Waals surface area (Å²) in [7, 11) is 0. The molecule has 1 saturated heterocycles. The van der Waals surface area contributed by atoms with Gasteiger partial charge >= 0.3 is 0 Å². The van der Waals surface area contributed by atoms with Gasteiger partial charge in [-0.3, -0.25) is 4.90 Å². The SMILES string of the molecule is NCC1CCCCCN1CCC1CC1. The maximum atomic E-state index is 5.84. The van der Waals surface area contributed by atoms with Gasteiger partial charge in [0.2, 0.25) is 0 Å². The molecule has 1 aliphatic carbocycles. The molecule has 0 bridgehead atoms. The molecule has 2 heteroatoms. The van der Waals surface area contributed by atoms with Gasteiger partial charge in [0.05, 0.1) is 0 Å². The van der Waals surface area contributed by atoms with Crippen molar-refractivity contribution in [2.45, 2.75) is 51.0 Å². The first-order valence-corrected chi connectivity index (χ1v) is 6.34. The third kappa shape index (κ3) is 2.96. The zero-order chi connectivity index (χ0) is 9.80. The van der Waals surface area contributed by atoms with Crippen LogP contribution in [0.3, 0.4) is 0 Å². The van der Waals surface area contributed by atoms with Crippen LogP contribution in [0.25, 0.3) is 0 Å². The molecule has 2 N–H and O–H groups in total. The molecule has 1 aliphatic heterocycles. The van der Waals surface area contributed by atoms with Crippen molar-refractivity contribution in [1.82, 2.24) is 4.90 Å². The lowest BCUT2D eigenvalue weighted by molar-refractivity contribution is 0.198. The Kier molecular flexibility index (Phi) is 3.82. The Labute approximate surface area is 87.8 Å². The highest BCUT2D eigenvalue weighted by Crippen LogP contribution is 2.33. The number of rotatable bonds is 4. The number of hydrogen-bond acceptors (Lipinski definition) is 2. The Hall–Kier alpha value is -0.0800. The third-order valence-corrected chi connectivity index (χ3v) is 3.79. The fourth-order valence-electron chi connectivity index (χ4n) is 2.55. The van der Waals surface area contributed by atoms with Crippen molar-refractivity contribution in [3.63, 3.8) is 0 Å². The van der Waals surface area contributed by atoms with Gasteiger partial charge in [0.15, 0.2) is 0 Å². The van der Waals surface area contributed by atoms with E-state index in [1.54, 1.807) is 0 Å². The molecule has 0 aromatic carbocycles. The first kappa shape index (κ1) is 10.4. The minimum Gasteiger partial charge on any atom is -0.329 e. The third-order valence-electron chi connectivity index (χ3n) is 3.79. The van der Waals surface area contributed by atoms with Crippen molar-refractivity contribution in [1.29, 1.82) is 0 Å². The van der Waals surface area contributed by atoms with Gasteiger partial charge in [0, 0.05) is 12.6 Å². The zero-order valence-corrected chi connectivity index (χ0v) is 9.25. The molecule has 0 amide bonds. The standard InChI is InChI=1S/C12H24N2/c13-10-12-4-2-1-3-8-14(12)9-7-11-5-6-11/h11-12H,1-10,13H2. The highest BCUT2D eigenvalue weighted by Gasteiger charge is 2.24. The van der Waals surface area contributed by atoms with Crippen LogP contribution in [0, 0.1) is 5.92 Å². The van der Waals surface area contributed by atoms with E-state index >= 15 is 0 Å². The van der Waals surface area contributed by atoms with Crippen LogP contribution in [0.2, 0.25) is 0 Å². The Morgan fingerprint density at radius 2 is 1.93 bits per heavy atom. The molecule has 2 rings (SSSR count). The number of likely N-dealkylation sites (tertiary alicyclic amines) is 1. The van der Waals surface area contributed by atoms with Crippen LogP contribution >= 0.6 is 0 Å². The van der Waals surface area contributed by atoms with E-state index in [9.17, 15) is 0 Å². The van der Waals surface area contributed by atoms with E-state index in [0.717, 1.165) is 12.5 Å². The van der Waals surface area contributed by atoms with Crippen LogP contribution in [-0.4, -0.2) is 30.6 Å². The summed E-state index contributed by atoms with van der Waals surface area (Å²) in [6, 6.07) is 0.691. The van der Waals surface area contributed by atoms with Crippen molar-refractivity contribution in [3.8, 4) is 0 Å². The molecule has 0 radical (unpaired) electrons. The summed E-state index contributed by atoms with van der Waals surface area (Å²) in [6.45, 7) is 3.48. The summed E-state index contributed by atoms with van der Waals surface area (Å²) in [5.74, 6) is 1.07. The molecule has 1 saturated carbocycles. The van der Waals surface area contributed by atoms with E-state index in [4.69, 9.17) is 5.73 Å². The molecular formula is C12H24N2. The molecule has 2 fully saturated rings. The Morgan fingerprint density at radius 3 is 2.64 bits per heavy atom. The van der Waals surface area contributed by atoms with Crippen LogP contribution < -0.4 is 5.73 Å². The summed E-state index contributed by atoms with van der Waals surface area (Å²) in [5.41, 5.74) is 5.84. The molecule has 1 heterocycles. The summed E-state index contributed by atoms with van der Waals surface area (Å²) >= 11 is 0. The second kappa shape index (κ2) is 5.13. The fraction of sp³-hybridized carbons (Fsp3) is 1.00. The van der Waals surface area contributed by atoms with Crippen molar-refractivity contribution in [2.75, 3.05) is 19.6 Å². The average Bonchev–Trinajstić information content (AvgIpc) is 3.02. The number of nitrogens with zero attached hydrogens (tertiary/aromatic N) is 1. The molecule has 2 aliphatic rings. The molecule has 1 unspecified atom stereocenters.